The molecule has 1 aromatic rings. The molecule has 2 aliphatic rings. The van der Waals surface area contributed by atoms with Gasteiger partial charge in [-0.1, -0.05) is 18.9 Å². The van der Waals surface area contributed by atoms with Crippen LogP contribution in [0.25, 0.3) is 0 Å². The second-order valence-electron chi connectivity index (χ2n) is 5.76. The molecule has 1 N–H and O–H groups in total. The maximum absolute atomic E-state index is 12.0. The average molecular weight is 259 g/mol. The minimum atomic E-state index is 0.153. The van der Waals surface area contributed by atoms with Crippen LogP contribution in [0.1, 0.15) is 49.1 Å². The number of nitrogens with one attached hydrogen (secondary N) is 1. The van der Waals surface area contributed by atoms with Crippen molar-refractivity contribution < 1.29 is 9.53 Å². The molecule has 1 heterocycles. The Morgan fingerprint density at radius 2 is 2.00 bits per heavy atom. The molecule has 1 aromatic carbocycles. The number of carbonyl (C=O) groups is 1. The molecule has 0 bridgehead atoms. The van der Waals surface area contributed by atoms with Crippen LogP contribution in [0, 0.1) is 12.8 Å². The molecule has 0 spiro atoms. The van der Waals surface area contributed by atoms with Crippen molar-refractivity contribution in [2.45, 2.75) is 44.9 Å². The summed E-state index contributed by atoms with van der Waals surface area (Å²) in [7, 11) is 1.67. The molecule has 0 saturated heterocycles. The van der Waals surface area contributed by atoms with Gasteiger partial charge in [0.05, 0.1) is 12.8 Å². The molecule has 0 aromatic heterocycles. The first-order chi connectivity index (χ1) is 9.20. The van der Waals surface area contributed by atoms with Crippen molar-refractivity contribution in [1.29, 1.82) is 0 Å². The van der Waals surface area contributed by atoms with Crippen LogP contribution in [0.3, 0.4) is 0 Å². The highest BCUT2D eigenvalue weighted by Gasteiger charge is 2.34. The minimum absolute atomic E-state index is 0.153. The third kappa shape index (κ3) is 2.11. The summed E-state index contributed by atoms with van der Waals surface area (Å²) in [6, 6.07) is 4.18. The van der Waals surface area contributed by atoms with Crippen molar-refractivity contribution in [1.82, 2.24) is 0 Å². The Morgan fingerprint density at radius 1 is 1.26 bits per heavy atom. The molecule has 1 unspecified atom stereocenters. The van der Waals surface area contributed by atoms with E-state index in [1.807, 2.05) is 13.0 Å². The third-order valence-electron chi connectivity index (χ3n) is 4.71. The second-order valence-corrected chi connectivity index (χ2v) is 5.76. The van der Waals surface area contributed by atoms with Gasteiger partial charge in [-0.25, -0.2) is 0 Å². The van der Waals surface area contributed by atoms with Gasteiger partial charge in [-0.15, -0.1) is 0 Å². The Labute approximate surface area is 114 Å². The molecule has 19 heavy (non-hydrogen) atoms. The smallest absolute Gasteiger partial charge is 0.225 e. The van der Waals surface area contributed by atoms with Gasteiger partial charge in [-0.05, 0) is 43.2 Å². The van der Waals surface area contributed by atoms with Gasteiger partial charge in [0.1, 0.15) is 5.75 Å². The first-order valence-corrected chi connectivity index (χ1v) is 7.18. The van der Waals surface area contributed by atoms with Crippen LogP contribution in [0.15, 0.2) is 12.1 Å². The molecule has 1 amide bonds. The van der Waals surface area contributed by atoms with Gasteiger partial charge in [-0.2, -0.15) is 0 Å². The van der Waals surface area contributed by atoms with Crippen LogP contribution in [0.4, 0.5) is 5.69 Å². The van der Waals surface area contributed by atoms with Gasteiger partial charge in [0, 0.05) is 12.0 Å². The van der Waals surface area contributed by atoms with Crippen LogP contribution in [0.2, 0.25) is 0 Å². The number of anilines is 1. The van der Waals surface area contributed by atoms with Crippen molar-refractivity contribution in [2.24, 2.45) is 5.92 Å². The predicted octanol–water partition coefficient (Wildman–Crippen LogP) is 3.62. The van der Waals surface area contributed by atoms with Gasteiger partial charge < -0.3 is 10.1 Å². The zero-order valence-electron chi connectivity index (χ0n) is 11.7. The van der Waals surface area contributed by atoms with Gasteiger partial charge in [0.15, 0.2) is 0 Å². The first-order valence-electron chi connectivity index (χ1n) is 7.18. The number of amides is 1. The van der Waals surface area contributed by atoms with Crippen molar-refractivity contribution in [2.75, 3.05) is 12.4 Å². The number of ether oxygens (including phenoxy) is 1. The Bertz CT molecular complexity index is 504. The fourth-order valence-corrected chi connectivity index (χ4v) is 3.69. The molecule has 3 rings (SSSR count). The van der Waals surface area contributed by atoms with Gasteiger partial charge >= 0.3 is 0 Å². The number of hydrogen-bond acceptors (Lipinski definition) is 2. The van der Waals surface area contributed by atoms with Crippen LogP contribution in [0.5, 0.6) is 5.75 Å². The van der Waals surface area contributed by atoms with E-state index >= 15 is 0 Å². The number of carbonyl (C=O) groups excluding carboxylic acids is 1. The summed E-state index contributed by atoms with van der Waals surface area (Å²) in [6.45, 7) is 2.02. The summed E-state index contributed by atoms with van der Waals surface area (Å²) >= 11 is 0. The van der Waals surface area contributed by atoms with E-state index in [2.05, 4.69) is 11.4 Å². The summed E-state index contributed by atoms with van der Waals surface area (Å²) in [6.07, 6.45) is 5.80. The van der Waals surface area contributed by atoms with Crippen molar-refractivity contribution >= 4 is 11.6 Å². The normalized spacial score (nSPS) is 23.1. The molecule has 1 aliphatic heterocycles. The van der Waals surface area contributed by atoms with E-state index in [0.29, 0.717) is 18.3 Å². The fraction of sp³-hybridized carbons (Fsp3) is 0.562. The van der Waals surface area contributed by atoms with Crippen LogP contribution < -0.4 is 10.1 Å². The van der Waals surface area contributed by atoms with Crippen LogP contribution in [-0.4, -0.2) is 13.0 Å². The summed E-state index contributed by atoms with van der Waals surface area (Å²) < 4.78 is 5.36. The summed E-state index contributed by atoms with van der Waals surface area (Å²) in [5.74, 6) is 2.08. The molecule has 1 atom stereocenters. The van der Waals surface area contributed by atoms with E-state index in [1.54, 1.807) is 7.11 Å². The van der Waals surface area contributed by atoms with E-state index in [9.17, 15) is 4.79 Å². The Morgan fingerprint density at radius 3 is 2.68 bits per heavy atom. The topological polar surface area (TPSA) is 38.3 Å². The lowest BCUT2D eigenvalue weighted by molar-refractivity contribution is -0.117. The number of methoxy groups -OCH3 is 1. The van der Waals surface area contributed by atoms with E-state index in [0.717, 1.165) is 17.0 Å². The third-order valence-corrected chi connectivity index (χ3v) is 4.71. The molecular formula is C16H21NO2. The van der Waals surface area contributed by atoms with Crippen molar-refractivity contribution in [3.8, 4) is 5.75 Å². The Balaban J connectivity index is 2.03. The standard InChI is InChI=1S/C16H21NO2/c1-10-14(19-2)8-7-12-13(11-5-3-4-6-11)9-15(18)17-16(10)12/h7-8,11,13H,3-6,9H2,1-2H3,(H,17,18). The Hall–Kier alpha value is -1.51. The lowest BCUT2D eigenvalue weighted by Gasteiger charge is -2.31. The number of rotatable bonds is 2. The van der Waals surface area contributed by atoms with Crippen LogP contribution >= 0.6 is 0 Å². The maximum Gasteiger partial charge on any atom is 0.225 e. The van der Waals surface area contributed by atoms with E-state index < -0.39 is 0 Å². The van der Waals surface area contributed by atoms with Gasteiger partial charge in [0.25, 0.3) is 0 Å². The SMILES string of the molecule is COc1ccc2c(c1C)NC(=O)CC2C1CCCC1. The zero-order valence-corrected chi connectivity index (χ0v) is 11.7. The summed E-state index contributed by atoms with van der Waals surface area (Å²) in [5.41, 5.74) is 3.35. The maximum atomic E-state index is 12.0. The molecule has 0 radical (unpaired) electrons. The Kier molecular flexibility index (Phi) is 3.21. The quantitative estimate of drug-likeness (QED) is 0.881. The molecule has 1 fully saturated rings. The van der Waals surface area contributed by atoms with Crippen LogP contribution in [-0.2, 0) is 4.79 Å². The number of benzene rings is 1. The zero-order chi connectivity index (χ0) is 13.4. The monoisotopic (exact) mass is 259 g/mol. The average Bonchev–Trinajstić information content (AvgIpc) is 2.93. The highest BCUT2D eigenvalue weighted by atomic mass is 16.5. The van der Waals surface area contributed by atoms with E-state index in [1.165, 1.54) is 31.2 Å². The first kappa shape index (κ1) is 12.5. The molecule has 102 valence electrons. The van der Waals surface area contributed by atoms with Crippen molar-refractivity contribution in [3.63, 3.8) is 0 Å². The van der Waals surface area contributed by atoms with Crippen molar-refractivity contribution in [3.05, 3.63) is 23.3 Å². The highest BCUT2D eigenvalue weighted by molar-refractivity contribution is 5.96. The molecule has 3 nitrogen and oxygen atoms in total. The van der Waals surface area contributed by atoms with Gasteiger partial charge in [-0.3, -0.25) is 4.79 Å². The predicted molar refractivity (Wildman–Crippen MR) is 75.7 cm³/mol. The highest BCUT2D eigenvalue weighted by Crippen LogP contribution is 2.46. The number of fused-ring (bicyclic) bond motifs is 1. The number of hydrogen-bond donors (Lipinski definition) is 1. The lowest BCUT2D eigenvalue weighted by Crippen LogP contribution is -2.27. The van der Waals surface area contributed by atoms with Gasteiger partial charge in [0.2, 0.25) is 5.91 Å². The lowest BCUT2D eigenvalue weighted by atomic mass is 9.79. The molecule has 1 saturated carbocycles. The largest absolute Gasteiger partial charge is 0.496 e. The molecular weight excluding hydrogens is 238 g/mol. The van der Waals surface area contributed by atoms with E-state index in [4.69, 9.17) is 4.74 Å². The molecule has 1 aliphatic carbocycles. The fourth-order valence-electron chi connectivity index (χ4n) is 3.69. The minimum Gasteiger partial charge on any atom is -0.496 e. The summed E-state index contributed by atoms with van der Waals surface area (Å²) in [5, 5.41) is 3.04. The second kappa shape index (κ2) is 4.87. The molecule has 3 heteroatoms. The van der Waals surface area contributed by atoms with E-state index in [-0.39, 0.29) is 5.91 Å². The summed E-state index contributed by atoms with van der Waals surface area (Å²) in [4.78, 5) is 12.0.